The normalized spacial score (nSPS) is 10.8. The molecular weight excluding hydrogens is 502 g/mol. The first-order valence-corrected chi connectivity index (χ1v) is 11.9. The molecule has 0 aliphatic rings. The summed E-state index contributed by atoms with van der Waals surface area (Å²) in [6, 6.07) is 18.9. The number of methoxy groups -OCH3 is 1. The first-order chi connectivity index (χ1) is 17.4. The molecule has 0 bridgehead atoms. The quantitative estimate of drug-likeness (QED) is 0.151. The van der Waals surface area contributed by atoms with Gasteiger partial charge in [-0.3, -0.25) is 20.2 Å². The van der Waals surface area contributed by atoms with Crippen LogP contribution in [-0.4, -0.2) is 22.9 Å². The van der Waals surface area contributed by atoms with Gasteiger partial charge in [0.1, 0.15) is 6.61 Å². The molecule has 4 aromatic rings. The molecule has 36 heavy (non-hydrogen) atoms. The molecule has 0 saturated heterocycles. The average Bonchev–Trinajstić information content (AvgIpc) is 3.36. The Labute approximate surface area is 215 Å². The van der Waals surface area contributed by atoms with Crippen LogP contribution in [0.15, 0.2) is 78.2 Å². The number of carbonyl (C=O) groups excluding carboxylic acids is 1. The maximum absolute atomic E-state index is 12.4. The average molecular weight is 522 g/mol. The van der Waals surface area contributed by atoms with Crippen LogP contribution in [0.25, 0.3) is 17.3 Å². The van der Waals surface area contributed by atoms with Crippen LogP contribution in [0.4, 0.5) is 10.8 Å². The third-order valence-corrected chi connectivity index (χ3v) is 6.02. The molecule has 1 amide bonds. The molecule has 0 fully saturated rings. The number of thiazole rings is 1. The van der Waals surface area contributed by atoms with Gasteiger partial charge in [0.2, 0.25) is 5.91 Å². The number of hydrogen-bond donors (Lipinski definition) is 1. The highest BCUT2D eigenvalue weighted by Crippen LogP contribution is 2.30. The molecule has 0 radical (unpaired) electrons. The second kappa shape index (κ2) is 11.5. The minimum Gasteiger partial charge on any atom is -0.493 e. The topological polar surface area (TPSA) is 104 Å². The zero-order valence-corrected chi connectivity index (χ0v) is 20.6. The van der Waals surface area contributed by atoms with Crippen LogP contribution in [0.2, 0.25) is 5.02 Å². The van der Waals surface area contributed by atoms with E-state index in [2.05, 4.69) is 10.3 Å². The number of rotatable bonds is 9. The zero-order valence-electron chi connectivity index (χ0n) is 19.0. The largest absolute Gasteiger partial charge is 0.493 e. The molecule has 0 saturated carbocycles. The van der Waals surface area contributed by atoms with Crippen molar-refractivity contribution in [1.29, 1.82) is 0 Å². The first kappa shape index (κ1) is 24.9. The molecule has 1 aromatic heterocycles. The lowest BCUT2D eigenvalue weighted by atomic mass is 10.1. The van der Waals surface area contributed by atoms with E-state index in [0.29, 0.717) is 39.5 Å². The number of nitrogens with one attached hydrogen (secondary N) is 1. The van der Waals surface area contributed by atoms with Crippen LogP contribution in [0.5, 0.6) is 11.5 Å². The number of nitro groups is 1. The number of hydrogen-bond acceptors (Lipinski definition) is 7. The summed E-state index contributed by atoms with van der Waals surface area (Å²) in [7, 11) is 1.55. The Hall–Kier alpha value is -4.21. The Bertz CT molecular complexity index is 1420. The number of nitro benzene ring substituents is 1. The number of anilines is 1. The molecular formula is C26H20ClN3O5S. The van der Waals surface area contributed by atoms with E-state index in [0.717, 1.165) is 11.1 Å². The molecule has 1 heterocycles. The second-order valence-corrected chi connectivity index (χ2v) is 8.79. The zero-order chi connectivity index (χ0) is 25.5. The van der Waals surface area contributed by atoms with Crippen LogP contribution in [0, 0.1) is 10.1 Å². The van der Waals surface area contributed by atoms with Crippen molar-refractivity contribution < 1.29 is 19.2 Å². The fourth-order valence-electron chi connectivity index (χ4n) is 3.21. The van der Waals surface area contributed by atoms with Crippen molar-refractivity contribution in [3.63, 3.8) is 0 Å². The summed E-state index contributed by atoms with van der Waals surface area (Å²) in [4.78, 5) is 27.3. The molecule has 4 rings (SSSR count). The molecule has 10 heteroatoms. The third-order valence-electron chi connectivity index (χ3n) is 5.01. The maximum atomic E-state index is 12.4. The van der Waals surface area contributed by atoms with E-state index in [1.54, 1.807) is 55.0 Å². The predicted octanol–water partition coefficient (Wildman–Crippen LogP) is 6.61. The highest BCUT2D eigenvalue weighted by molar-refractivity contribution is 7.14. The molecule has 1 N–H and O–H groups in total. The highest BCUT2D eigenvalue weighted by atomic mass is 35.5. The minimum atomic E-state index is -0.462. The van der Waals surface area contributed by atoms with E-state index >= 15 is 0 Å². The summed E-state index contributed by atoms with van der Waals surface area (Å²) in [6.07, 6.45) is 3.04. The van der Waals surface area contributed by atoms with Gasteiger partial charge in [-0.05, 0) is 41.5 Å². The monoisotopic (exact) mass is 521 g/mol. The lowest BCUT2D eigenvalue weighted by molar-refractivity contribution is -0.384. The van der Waals surface area contributed by atoms with E-state index in [-0.39, 0.29) is 11.6 Å². The molecule has 182 valence electrons. The standard InChI is InChI=1S/C26H20ClN3O5S/c1-34-24-13-17(7-11-23(24)35-15-18-5-9-20(27)10-6-18)8-12-25(31)29-26-28-22(16-36-26)19-3-2-4-21(14-19)30(32)33/h2-14,16H,15H2,1H3,(H,28,29,31). The fourth-order valence-corrected chi connectivity index (χ4v) is 4.06. The number of aromatic nitrogens is 1. The molecule has 3 aromatic carbocycles. The Morgan fingerprint density at radius 3 is 2.69 bits per heavy atom. The van der Waals surface area contributed by atoms with Crippen LogP contribution < -0.4 is 14.8 Å². The van der Waals surface area contributed by atoms with Crippen LogP contribution in [0.1, 0.15) is 11.1 Å². The summed E-state index contributed by atoms with van der Waals surface area (Å²) in [5.74, 6) is 0.746. The van der Waals surface area contributed by atoms with Gasteiger partial charge < -0.3 is 9.47 Å². The summed E-state index contributed by atoms with van der Waals surface area (Å²) in [5.41, 5.74) is 2.84. The summed E-state index contributed by atoms with van der Waals surface area (Å²) in [6.45, 7) is 0.358. The number of halogens is 1. The number of nitrogens with zero attached hydrogens (tertiary/aromatic N) is 2. The van der Waals surface area contributed by atoms with E-state index in [1.165, 1.54) is 29.5 Å². The Balaban J connectivity index is 1.37. The summed E-state index contributed by atoms with van der Waals surface area (Å²) in [5, 5.41) is 16.5. The van der Waals surface area contributed by atoms with Gasteiger partial charge in [0, 0.05) is 34.2 Å². The summed E-state index contributed by atoms with van der Waals surface area (Å²) < 4.78 is 11.3. The Morgan fingerprint density at radius 1 is 1.14 bits per heavy atom. The first-order valence-electron chi connectivity index (χ1n) is 10.7. The maximum Gasteiger partial charge on any atom is 0.270 e. The van der Waals surface area contributed by atoms with Crippen molar-refractivity contribution in [2.75, 3.05) is 12.4 Å². The second-order valence-electron chi connectivity index (χ2n) is 7.49. The van der Waals surface area contributed by atoms with Crippen molar-refractivity contribution in [2.24, 2.45) is 0 Å². The van der Waals surface area contributed by atoms with Crippen molar-refractivity contribution in [3.8, 4) is 22.8 Å². The van der Waals surface area contributed by atoms with Gasteiger partial charge in [-0.15, -0.1) is 11.3 Å². The fraction of sp³-hybridized carbons (Fsp3) is 0.0769. The van der Waals surface area contributed by atoms with Gasteiger partial charge in [0.15, 0.2) is 16.6 Å². The van der Waals surface area contributed by atoms with Gasteiger partial charge in [-0.1, -0.05) is 41.9 Å². The van der Waals surface area contributed by atoms with Crippen LogP contribution in [0.3, 0.4) is 0 Å². The lowest BCUT2D eigenvalue weighted by Crippen LogP contribution is -2.07. The van der Waals surface area contributed by atoms with E-state index < -0.39 is 4.92 Å². The predicted molar refractivity (Wildman–Crippen MR) is 141 cm³/mol. The lowest BCUT2D eigenvalue weighted by Gasteiger charge is -2.11. The molecule has 0 aliphatic carbocycles. The SMILES string of the molecule is COc1cc(C=CC(=O)Nc2nc(-c3cccc([N+](=O)[O-])c3)cs2)ccc1OCc1ccc(Cl)cc1. The molecule has 0 aliphatic heterocycles. The molecule has 0 atom stereocenters. The van der Waals surface area contributed by atoms with E-state index in [1.807, 2.05) is 18.2 Å². The third kappa shape index (κ3) is 6.47. The minimum absolute atomic E-state index is 0.0224. The molecule has 0 spiro atoms. The Morgan fingerprint density at radius 2 is 1.94 bits per heavy atom. The smallest absolute Gasteiger partial charge is 0.270 e. The number of amides is 1. The van der Waals surface area contributed by atoms with Gasteiger partial charge in [-0.2, -0.15) is 0 Å². The van der Waals surface area contributed by atoms with Gasteiger partial charge in [-0.25, -0.2) is 4.98 Å². The number of non-ortho nitro benzene ring substituents is 1. The highest BCUT2D eigenvalue weighted by Gasteiger charge is 2.11. The molecule has 8 nitrogen and oxygen atoms in total. The van der Waals surface area contributed by atoms with Gasteiger partial charge >= 0.3 is 0 Å². The number of ether oxygens (including phenoxy) is 2. The number of benzene rings is 3. The van der Waals surface area contributed by atoms with Crippen molar-refractivity contribution in [2.45, 2.75) is 6.61 Å². The number of carbonyl (C=O) groups is 1. The van der Waals surface area contributed by atoms with E-state index in [9.17, 15) is 14.9 Å². The van der Waals surface area contributed by atoms with Crippen LogP contribution >= 0.6 is 22.9 Å². The van der Waals surface area contributed by atoms with Gasteiger partial charge in [0.25, 0.3) is 5.69 Å². The summed E-state index contributed by atoms with van der Waals surface area (Å²) >= 11 is 7.14. The van der Waals surface area contributed by atoms with Crippen molar-refractivity contribution in [1.82, 2.24) is 4.98 Å². The van der Waals surface area contributed by atoms with Gasteiger partial charge in [0.05, 0.1) is 17.7 Å². The van der Waals surface area contributed by atoms with Crippen molar-refractivity contribution >= 4 is 45.7 Å². The molecule has 0 unspecified atom stereocenters. The van der Waals surface area contributed by atoms with E-state index in [4.69, 9.17) is 21.1 Å². The Kier molecular flexibility index (Phi) is 7.94. The van der Waals surface area contributed by atoms with Crippen LogP contribution in [-0.2, 0) is 11.4 Å². The van der Waals surface area contributed by atoms with Crippen molar-refractivity contribution in [3.05, 3.63) is 104 Å².